The number of rotatable bonds is 1. The monoisotopic (exact) mass is 259 g/mol. The topological polar surface area (TPSA) is 99.0 Å². The third-order valence-electron chi connectivity index (χ3n) is 1.59. The van der Waals surface area contributed by atoms with E-state index in [1.165, 1.54) is 12.4 Å². The van der Waals surface area contributed by atoms with Crippen LogP contribution in [-0.2, 0) is 0 Å². The summed E-state index contributed by atoms with van der Waals surface area (Å²) in [4.78, 5) is 10.8. The molecule has 0 aromatic carbocycles. The zero-order chi connectivity index (χ0) is 9.42. The van der Waals surface area contributed by atoms with E-state index in [2.05, 4.69) is 26.1 Å². The molecule has 0 aliphatic heterocycles. The molecule has 0 saturated heterocycles. The van der Waals surface area contributed by atoms with E-state index in [1.807, 2.05) is 0 Å². The molecule has 6 nitrogen and oxygen atoms in total. The fourth-order valence-corrected chi connectivity index (χ4v) is 1.51. The van der Waals surface area contributed by atoms with Crippen LogP contribution in [0.15, 0.2) is 23.1 Å². The Morgan fingerprint density at radius 1 is 1.57 bits per heavy atom. The summed E-state index contributed by atoms with van der Waals surface area (Å²) in [5, 5.41) is 16.1. The number of hydrogen-bond donors (Lipinski definition) is 1. The Labute approximate surface area is 86.6 Å². The Kier molecular flexibility index (Phi) is 2.82. The third-order valence-corrected chi connectivity index (χ3v) is 2.02. The number of nitrogens with zero attached hydrogens (tertiary/aromatic N) is 3. The predicted molar refractivity (Wildman–Crippen MR) is 51.3 cm³/mol. The molecule has 74 valence electrons. The standard InChI is InChI=1S/C7H4BrN3O2.H2O/c8-4-1-5(7(12)13)6-10-9-3-11(6)2-4;/h1-3H,(H,12,13);1H2. The van der Waals surface area contributed by atoms with Crippen LogP contribution in [0, 0.1) is 0 Å². The second-order valence-electron chi connectivity index (χ2n) is 2.44. The van der Waals surface area contributed by atoms with Gasteiger partial charge in [-0.05, 0) is 22.0 Å². The molecule has 0 atom stereocenters. The fraction of sp³-hybridized carbons (Fsp3) is 0. The van der Waals surface area contributed by atoms with Gasteiger partial charge >= 0.3 is 5.97 Å². The zero-order valence-corrected chi connectivity index (χ0v) is 8.39. The summed E-state index contributed by atoms with van der Waals surface area (Å²) in [6.07, 6.45) is 3.15. The molecular weight excluding hydrogens is 254 g/mol. The Morgan fingerprint density at radius 3 is 2.93 bits per heavy atom. The van der Waals surface area contributed by atoms with Gasteiger partial charge in [0.05, 0.1) is 0 Å². The normalized spacial score (nSPS) is 9.79. The molecular formula is C7H6BrN3O3. The zero-order valence-electron chi connectivity index (χ0n) is 6.81. The quantitative estimate of drug-likeness (QED) is 0.800. The highest BCUT2D eigenvalue weighted by Crippen LogP contribution is 2.15. The molecule has 0 unspecified atom stereocenters. The number of hydrogen-bond acceptors (Lipinski definition) is 3. The van der Waals surface area contributed by atoms with Crippen LogP contribution in [-0.4, -0.2) is 31.2 Å². The van der Waals surface area contributed by atoms with E-state index in [-0.39, 0.29) is 11.0 Å². The highest BCUT2D eigenvalue weighted by Gasteiger charge is 2.11. The smallest absolute Gasteiger partial charge is 0.339 e. The third kappa shape index (κ3) is 1.59. The maximum Gasteiger partial charge on any atom is 0.339 e. The van der Waals surface area contributed by atoms with E-state index in [4.69, 9.17) is 5.11 Å². The molecule has 2 aromatic rings. The van der Waals surface area contributed by atoms with Crippen molar-refractivity contribution >= 4 is 27.5 Å². The lowest BCUT2D eigenvalue weighted by Crippen LogP contribution is -2.00. The number of aromatic nitrogens is 3. The lowest BCUT2D eigenvalue weighted by molar-refractivity contribution is 0.0698. The molecule has 0 spiro atoms. The molecule has 3 N–H and O–H groups in total. The molecule has 0 bridgehead atoms. The van der Waals surface area contributed by atoms with Crippen LogP contribution in [0.25, 0.3) is 5.65 Å². The van der Waals surface area contributed by atoms with Gasteiger partial charge in [-0.2, -0.15) is 0 Å². The van der Waals surface area contributed by atoms with Crippen molar-refractivity contribution in [2.45, 2.75) is 0 Å². The lowest BCUT2D eigenvalue weighted by atomic mass is 10.3. The Morgan fingerprint density at radius 2 is 2.29 bits per heavy atom. The highest BCUT2D eigenvalue weighted by atomic mass is 79.9. The van der Waals surface area contributed by atoms with E-state index in [9.17, 15) is 4.79 Å². The molecule has 2 rings (SSSR count). The number of carbonyl (C=O) groups is 1. The average Bonchev–Trinajstić information content (AvgIpc) is 2.49. The van der Waals surface area contributed by atoms with Gasteiger partial charge in [0.15, 0.2) is 5.65 Å². The molecule has 0 aliphatic rings. The molecule has 0 amide bonds. The first-order chi connectivity index (χ1) is 6.18. The van der Waals surface area contributed by atoms with Crippen LogP contribution >= 0.6 is 15.9 Å². The van der Waals surface area contributed by atoms with Crippen LogP contribution in [0.4, 0.5) is 0 Å². The summed E-state index contributed by atoms with van der Waals surface area (Å²) in [5.41, 5.74) is 0.475. The van der Waals surface area contributed by atoms with Crippen molar-refractivity contribution in [1.29, 1.82) is 0 Å². The number of aromatic carboxylic acids is 1. The van der Waals surface area contributed by atoms with Crippen molar-refractivity contribution in [3.63, 3.8) is 0 Å². The van der Waals surface area contributed by atoms with Gasteiger partial charge in [-0.15, -0.1) is 10.2 Å². The van der Waals surface area contributed by atoms with Gasteiger partial charge < -0.3 is 10.6 Å². The van der Waals surface area contributed by atoms with Crippen LogP contribution in [0.2, 0.25) is 0 Å². The number of carboxylic acids is 1. The van der Waals surface area contributed by atoms with E-state index in [1.54, 1.807) is 10.6 Å². The summed E-state index contributed by atoms with van der Waals surface area (Å²) in [5.74, 6) is -1.01. The Bertz CT molecular complexity index is 482. The van der Waals surface area contributed by atoms with Crippen molar-refractivity contribution in [3.05, 3.63) is 28.6 Å². The van der Waals surface area contributed by atoms with Crippen LogP contribution in [0.3, 0.4) is 0 Å². The maximum atomic E-state index is 10.8. The van der Waals surface area contributed by atoms with E-state index >= 15 is 0 Å². The van der Waals surface area contributed by atoms with E-state index < -0.39 is 5.97 Å². The van der Waals surface area contributed by atoms with Crippen molar-refractivity contribution in [3.8, 4) is 0 Å². The van der Waals surface area contributed by atoms with Gasteiger partial charge in [0.1, 0.15) is 11.9 Å². The van der Waals surface area contributed by atoms with Gasteiger partial charge in [0.25, 0.3) is 0 Å². The molecule has 2 heterocycles. The summed E-state index contributed by atoms with van der Waals surface area (Å²) < 4.78 is 2.23. The molecule has 0 aliphatic carbocycles. The Balaban J connectivity index is 0.000000980. The minimum atomic E-state index is -1.01. The lowest BCUT2D eigenvalue weighted by Gasteiger charge is -1.98. The van der Waals surface area contributed by atoms with Gasteiger partial charge in [-0.25, -0.2) is 4.79 Å². The van der Waals surface area contributed by atoms with E-state index in [0.717, 1.165) is 0 Å². The summed E-state index contributed by atoms with van der Waals surface area (Å²) in [7, 11) is 0. The van der Waals surface area contributed by atoms with Crippen molar-refractivity contribution in [2.24, 2.45) is 0 Å². The van der Waals surface area contributed by atoms with E-state index in [0.29, 0.717) is 10.1 Å². The molecule has 0 radical (unpaired) electrons. The molecule has 0 fully saturated rings. The number of fused-ring (bicyclic) bond motifs is 1. The first-order valence-corrected chi connectivity index (χ1v) is 4.20. The summed E-state index contributed by atoms with van der Waals surface area (Å²) in [6.45, 7) is 0. The molecule has 2 aromatic heterocycles. The second kappa shape index (κ2) is 3.72. The number of halogens is 1. The Hall–Kier alpha value is -1.47. The fourth-order valence-electron chi connectivity index (χ4n) is 1.06. The first-order valence-electron chi connectivity index (χ1n) is 3.40. The average molecular weight is 260 g/mol. The summed E-state index contributed by atoms with van der Waals surface area (Å²) in [6, 6.07) is 1.49. The van der Waals surface area contributed by atoms with Crippen LogP contribution in [0.5, 0.6) is 0 Å². The van der Waals surface area contributed by atoms with Gasteiger partial charge in [0.2, 0.25) is 0 Å². The number of pyridine rings is 1. The largest absolute Gasteiger partial charge is 0.478 e. The molecule has 0 saturated carbocycles. The van der Waals surface area contributed by atoms with Gasteiger partial charge in [-0.3, -0.25) is 4.40 Å². The van der Waals surface area contributed by atoms with Crippen LogP contribution < -0.4 is 0 Å². The summed E-state index contributed by atoms with van der Waals surface area (Å²) >= 11 is 3.20. The highest BCUT2D eigenvalue weighted by molar-refractivity contribution is 9.10. The van der Waals surface area contributed by atoms with Gasteiger partial charge in [0, 0.05) is 10.7 Å². The number of carboxylic acid groups (broad SMARTS) is 1. The minimum absolute atomic E-state index is 0. The first kappa shape index (κ1) is 10.6. The minimum Gasteiger partial charge on any atom is -0.478 e. The van der Waals surface area contributed by atoms with Crippen molar-refractivity contribution < 1.29 is 15.4 Å². The SMILES string of the molecule is O.O=C(O)c1cc(Br)cn2cnnc12. The maximum absolute atomic E-state index is 10.8. The second-order valence-corrected chi connectivity index (χ2v) is 3.35. The van der Waals surface area contributed by atoms with Crippen molar-refractivity contribution in [1.82, 2.24) is 14.6 Å². The van der Waals surface area contributed by atoms with Gasteiger partial charge in [-0.1, -0.05) is 0 Å². The predicted octanol–water partition coefficient (Wildman–Crippen LogP) is 0.365. The van der Waals surface area contributed by atoms with Crippen molar-refractivity contribution in [2.75, 3.05) is 0 Å². The molecule has 7 heteroatoms. The van der Waals surface area contributed by atoms with Crippen LogP contribution in [0.1, 0.15) is 10.4 Å². The molecule has 14 heavy (non-hydrogen) atoms.